The van der Waals surface area contributed by atoms with Crippen LogP contribution in [0.2, 0.25) is 0 Å². The number of hydrogen-bond acceptors (Lipinski definition) is 15. The molecule has 2 heterocycles. The second-order valence-electron chi connectivity index (χ2n) is 9.77. The lowest BCUT2D eigenvalue weighted by Crippen LogP contribution is -2.61. The summed E-state index contributed by atoms with van der Waals surface area (Å²) < 4.78 is 31.3. The second kappa shape index (κ2) is 12.7. The highest BCUT2D eigenvalue weighted by molar-refractivity contribution is 6.15. The van der Waals surface area contributed by atoms with Gasteiger partial charge in [-0.05, 0) is 23.8 Å². The number of allylic oxidation sites excluding steroid dienone is 1. The monoisotopic (exact) mass is 610 g/mol. The smallest absolute Gasteiger partial charge is 0.347 e. The van der Waals surface area contributed by atoms with Crippen molar-refractivity contribution in [2.75, 3.05) is 20.8 Å². The SMILES string of the molecule is COC(=O)C1=CO[C@@H](O[C@H]2O[C@@H](CO)[C@H](O)[C@@H](O)[C@@H]2O)[C@H]2[C@H]1C=C[C@@]2(O)C(=O)O/C=C(\C(=O)O)c1ccc(O)c(OC)c1. The number of rotatable bonds is 9. The molecule has 1 saturated heterocycles. The zero-order valence-corrected chi connectivity index (χ0v) is 22.7. The molecule has 2 aliphatic heterocycles. The van der Waals surface area contributed by atoms with Crippen LogP contribution >= 0.6 is 0 Å². The van der Waals surface area contributed by atoms with Crippen molar-refractivity contribution >= 4 is 23.5 Å². The van der Waals surface area contributed by atoms with Crippen LogP contribution in [0.5, 0.6) is 11.5 Å². The summed E-state index contributed by atoms with van der Waals surface area (Å²) in [6.45, 7) is -0.766. The Hall–Kier alpha value is -4.03. The van der Waals surface area contributed by atoms with E-state index in [-0.39, 0.29) is 22.6 Å². The fraction of sp³-hybridized carbons (Fsp3) is 0.444. The highest BCUT2D eigenvalue weighted by Gasteiger charge is 2.59. The molecule has 0 aromatic heterocycles. The number of aliphatic carboxylic acids is 1. The first-order chi connectivity index (χ1) is 20.4. The van der Waals surface area contributed by atoms with Crippen molar-refractivity contribution in [3.63, 3.8) is 0 Å². The van der Waals surface area contributed by atoms with Crippen LogP contribution in [-0.2, 0) is 38.1 Å². The maximum absolute atomic E-state index is 13.3. The molecule has 9 atom stereocenters. The van der Waals surface area contributed by atoms with Crippen LogP contribution in [0.1, 0.15) is 5.56 Å². The van der Waals surface area contributed by atoms with E-state index < -0.39 is 84.5 Å². The summed E-state index contributed by atoms with van der Waals surface area (Å²) in [5.41, 5.74) is -3.36. The average Bonchev–Trinajstić information content (AvgIpc) is 3.36. The topological polar surface area (TPSA) is 248 Å². The van der Waals surface area contributed by atoms with Gasteiger partial charge in [0.15, 0.2) is 23.4 Å². The van der Waals surface area contributed by atoms with Gasteiger partial charge in [-0.15, -0.1) is 0 Å². The third-order valence-electron chi connectivity index (χ3n) is 7.30. The van der Waals surface area contributed by atoms with E-state index in [2.05, 4.69) is 0 Å². The molecular formula is C27H30O16. The summed E-state index contributed by atoms with van der Waals surface area (Å²) in [5.74, 6) is -6.80. The second-order valence-corrected chi connectivity index (χ2v) is 9.77. The Morgan fingerprint density at radius 3 is 2.42 bits per heavy atom. The summed E-state index contributed by atoms with van der Waals surface area (Å²) in [6, 6.07) is 3.56. The number of aliphatic hydroxyl groups excluding tert-OH is 4. The third kappa shape index (κ3) is 5.94. The lowest BCUT2D eigenvalue weighted by molar-refractivity contribution is -0.345. The van der Waals surface area contributed by atoms with E-state index in [1.165, 1.54) is 25.3 Å². The number of aliphatic hydroxyl groups is 5. The van der Waals surface area contributed by atoms with Gasteiger partial charge in [-0.25, -0.2) is 14.4 Å². The number of carboxylic acid groups (broad SMARTS) is 1. The van der Waals surface area contributed by atoms with Crippen LogP contribution < -0.4 is 4.74 Å². The Bertz CT molecular complexity index is 1330. The molecule has 7 N–H and O–H groups in total. The van der Waals surface area contributed by atoms with Crippen LogP contribution in [0.25, 0.3) is 5.57 Å². The van der Waals surface area contributed by atoms with Gasteiger partial charge < -0.3 is 64.2 Å². The molecule has 1 aromatic carbocycles. The number of methoxy groups -OCH3 is 2. The largest absolute Gasteiger partial charge is 0.504 e. The first-order valence-electron chi connectivity index (χ1n) is 12.7. The fourth-order valence-corrected chi connectivity index (χ4v) is 4.96. The highest BCUT2D eigenvalue weighted by Crippen LogP contribution is 2.46. The fourth-order valence-electron chi connectivity index (χ4n) is 4.96. The molecule has 0 saturated carbocycles. The molecule has 1 fully saturated rings. The molecule has 1 aliphatic carbocycles. The minimum Gasteiger partial charge on any atom is -0.504 e. The predicted molar refractivity (Wildman–Crippen MR) is 137 cm³/mol. The lowest BCUT2D eigenvalue weighted by Gasteiger charge is -2.44. The van der Waals surface area contributed by atoms with Crippen LogP contribution in [-0.4, -0.2) is 117 Å². The molecule has 3 aliphatic rings. The van der Waals surface area contributed by atoms with Crippen LogP contribution in [0, 0.1) is 11.8 Å². The maximum atomic E-state index is 13.3. The van der Waals surface area contributed by atoms with Crippen molar-refractivity contribution in [1.29, 1.82) is 0 Å². The Labute approximate surface area is 243 Å². The van der Waals surface area contributed by atoms with Crippen molar-refractivity contribution < 1.29 is 78.6 Å². The number of phenols is 1. The van der Waals surface area contributed by atoms with Gasteiger partial charge in [0.25, 0.3) is 0 Å². The van der Waals surface area contributed by atoms with E-state index in [1.807, 2.05) is 0 Å². The molecule has 43 heavy (non-hydrogen) atoms. The van der Waals surface area contributed by atoms with E-state index in [1.54, 1.807) is 0 Å². The minimum absolute atomic E-state index is 0.0254. The standard InChI is InChI=1S/C27H30O16/c1-38-16-7-11(3-4-15(16)29)13(22(33)34)9-41-26(36)27(37)6-5-12-14(23(35)39-2)10-40-24(18(12)27)43-25-21(32)20(31)19(30)17(8-28)42-25/h3-7,9-10,12,17-21,24-25,28-32,37H,8H2,1-2H3,(H,33,34)/b13-9-/t12-,17-,18+,19-,20+,21-,24-,25+,27-/m0/s1. The average molecular weight is 611 g/mol. The highest BCUT2D eigenvalue weighted by atomic mass is 16.8. The van der Waals surface area contributed by atoms with Gasteiger partial charge in [0.05, 0.1) is 38.6 Å². The quantitative estimate of drug-likeness (QED) is 0.0700. The van der Waals surface area contributed by atoms with Gasteiger partial charge in [0, 0.05) is 5.92 Å². The number of carbonyl (C=O) groups is 3. The summed E-state index contributed by atoms with van der Waals surface area (Å²) in [4.78, 5) is 37.7. The van der Waals surface area contributed by atoms with E-state index >= 15 is 0 Å². The first-order valence-corrected chi connectivity index (χ1v) is 12.7. The molecule has 0 unspecified atom stereocenters. The Balaban J connectivity index is 1.65. The first kappa shape index (κ1) is 31.9. The number of carbonyl (C=O) groups excluding carboxylic acids is 2. The van der Waals surface area contributed by atoms with Gasteiger partial charge in [-0.2, -0.15) is 0 Å². The van der Waals surface area contributed by atoms with E-state index in [4.69, 9.17) is 28.4 Å². The zero-order valence-electron chi connectivity index (χ0n) is 22.7. The molecule has 1 aromatic rings. The molecule has 0 spiro atoms. The zero-order chi connectivity index (χ0) is 31.6. The number of benzene rings is 1. The molecule has 0 radical (unpaired) electrons. The van der Waals surface area contributed by atoms with Gasteiger partial charge in [0.2, 0.25) is 6.29 Å². The van der Waals surface area contributed by atoms with Crippen molar-refractivity contribution in [2.24, 2.45) is 11.8 Å². The Kier molecular flexibility index (Phi) is 9.41. The molecule has 234 valence electrons. The van der Waals surface area contributed by atoms with Crippen LogP contribution in [0.15, 0.2) is 48.4 Å². The molecule has 0 amide bonds. The van der Waals surface area contributed by atoms with Crippen molar-refractivity contribution in [2.45, 2.75) is 42.6 Å². The number of fused-ring (bicyclic) bond motifs is 1. The normalized spacial score (nSPS) is 33.6. The summed E-state index contributed by atoms with van der Waals surface area (Å²) in [7, 11) is 2.33. The number of hydrogen-bond donors (Lipinski definition) is 7. The number of aromatic hydroxyl groups is 1. The molecule has 16 heteroatoms. The van der Waals surface area contributed by atoms with Crippen molar-refractivity contribution in [3.8, 4) is 11.5 Å². The Morgan fingerprint density at radius 2 is 1.79 bits per heavy atom. The summed E-state index contributed by atoms with van der Waals surface area (Å²) in [6.07, 6.45) is -6.42. The molecule has 16 nitrogen and oxygen atoms in total. The number of carboxylic acids is 1. The van der Waals surface area contributed by atoms with Gasteiger partial charge in [-0.3, -0.25) is 0 Å². The third-order valence-corrected chi connectivity index (χ3v) is 7.30. The Morgan fingerprint density at radius 1 is 1.07 bits per heavy atom. The van der Waals surface area contributed by atoms with Crippen molar-refractivity contribution in [1.82, 2.24) is 0 Å². The van der Waals surface area contributed by atoms with E-state index in [0.29, 0.717) is 6.26 Å². The van der Waals surface area contributed by atoms with Crippen LogP contribution in [0.4, 0.5) is 0 Å². The lowest BCUT2D eigenvalue weighted by atomic mass is 9.79. The number of esters is 2. The van der Waals surface area contributed by atoms with Crippen LogP contribution in [0.3, 0.4) is 0 Å². The summed E-state index contributed by atoms with van der Waals surface area (Å²) >= 11 is 0. The van der Waals surface area contributed by atoms with E-state index in [9.17, 15) is 50.1 Å². The number of phenolic OH excluding ortho intramolecular Hbond substituents is 1. The summed E-state index contributed by atoms with van der Waals surface area (Å²) in [5, 5.41) is 71.2. The maximum Gasteiger partial charge on any atom is 0.347 e. The van der Waals surface area contributed by atoms with Crippen molar-refractivity contribution in [3.05, 3.63) is 54.0 Å². The minimum atomic E-state index is -2.64. The number of ether oxygens (including phenoxy) is 6. The molecule has 0 bridgehead atoms. The predicted octanol–water partition coefficient (Wildman–Crippen LogP) is -1.87. The van der Waals surface area contributed by atoms with E-state index in [0.717, 1.165) is 25.5 Å². The van der Waals surface area contributed by atoms with Gasteiger partial charge >= 0.3 is 17.9 Å². The molecule has 4 rings (SSSR count). The van der Waals surface area contributed by atoms with Gasteiger partial charge in [-0.1, -0.05) is 12.1 Å². The molecular weight excluding hydrogens is 580 g/mol. The van der Waals surface area contributed by atoms with Gasteiger partial charge in [0.1, 0.15) is 36.3 Å².